The van der Waals surface area contributed by atoms with E-state index in [1.165, 1.54) is 23.9 Å². The van der Waals surface area contributed by atoms with Gasteiger partial charge in [-0.25, -0.2) is 0 Å². The Labute approximate surface area is 176 Å². The minimum atomic E-state index is -0.438. The fraction of sp³-hybridized carbons (Fsp3) is 0.211. The van der Waals surface area contributed by atoms with Crippen LogP contribution in [0.2, 0.25) is 10.0 Å². The predicted molar refractivity (Wildman–Crippen MR) is 110 cm³/mol. The Morgan fingerprint density at radius 3 is 2.54 bits per heavy atom. The number of morpholine rings is 1. The SMILES string of the molecule is O=C(/C=C/c1ccc(Sc2ccccc2[N+](=O)[O-])c(Cl)c1Cl)N1CCOCC1. The number of hydrogen-bond acceptors (Lipinski definition) is 5. The number of carbonyl (C=O) groups is 1. The smallest absolute Gasteiger partial charge is 0.283 e. The average molecular weight is 439 g/mol. The fourth-order valence-electron chi connectivity index (χ4n) is 2.62. The molecule has 2 aromatic rings. The Hall–Kier alpha value is -2.06. The topological polar surface area (TPSA) is 72.7 Å². The second kappa shape index (κ2) is 9.43. The zero-order chi connectivity index (χ0) is 20.1. The van der Waals surface area contributed by atoms with Gasteiger partial charge in [0.25, 0.3) is 5.69 Å². The molecule has 2 aromatic carbocycles. The summed E-state index contributed by atoms with van der Waals surface area (Å²) < 4.78 is 5.23. The highest BCUT2D eigenvalue weighted by atomic mass is 35.5. The van der Waals surface area contributed by atoms with E-state index in [1.54, 1.807) is 41.3 Å². The van der Waals surface area contributed by atoms with E-state index in [-0.39, 0.29) is 21.6 Å². The molecule has 0 N–H and O–H groups in total. The van der Waals surface area contributed by atoms with E-state index in [1.807, 2.05) is 0 Å². The second-order valence-electron chi connectivity index (χ2n) is 5.88. The van der Waals surface area contributed by atoms with Gasteiger partial charge in [-0.05, 0) is 23.8 Å². The summed E-state index contributed by atoms with van der Waals surface area (Å²) in [4.78, 5) is 25.7. The highest BCUT2D eigenvalue weighted by Gasteiger charge is 2.17. The van der Waals surface area contributed by atoms with Gasteiger partial charge in [0, 0.05) is 30.1 Å². The average Bonchev–Trinajstić information content (AvgIpc) is 2.71. The summed E-state index contributed by atoms with van der Waals surface area (Å²) in [5, 5.41) is 11.7. The minimum Gasteiger partial charge on any atom is -0.378 e. The Kier molecular flexibility index (Phi) is 6.96. The van der Waals surface area contributed by atoms with Crippen LogP contribution in [0.5, 0.6) is 0 Å². The van der Waals surface area contributed by atoms with Gasteiger partial charge in [-0.2, -0.15) is 0 Å². The van der Waals surface area contributed by atoms with Crippen LogP contribution in [-0.4, -0.2) is 42.0 Å². The zero-order valence-electron chi connectivity index (χ0n) is 14.6. The van der Waals surface area contributed by atoms with Crippen LogP contribution in [0.1, 0.15) is 5.56 Å². The lowest BCUT2D eigenvalue weighted by Crippen LogP contribution is -2.39. The van der Waals surface area contributed by atoms with Crippen LogP contribution >= 0.6 is 35.0 Å². The molecule has 1 heterocycles. The Morgan fingerprint density at radius 2 is 1.82 bits per heavy atom. The standard InChI is InChI=1S/C19H16Cl2N2O4S/c20-18-13(6-8-17(24)22-9-11-27-12-10-22)5-7-16(19(18)21)28-15-4-2-1-3-14(15)23(25)26/h1-8H,9-12H2/b8-6+. The summed E-state index contributed by atoms with van der Waals surface area (Å²) >= 11 is 13.9. The van der Waals surface area contributed by atoms with E-state index in [0.717, 1.165) is 0 Å². The van der Waals surface area contributed by atoms with E-state index in [4.69, 9.17) is 27.9 Å². The van der Waals surface area contributed by atoms with Crippen molar-refractivity contribution in [2.75, 3.05) is 26.3 Å². The lowest BCUT2D eigenvalue weighted by atomic mass is 10.2. The number of carbonyl (C=O) groups excluding carboxylic acids is 1. The molecular weight excluding hydrogens is 423 g/mol. The number of halogens is 2. The summed E-state index contributed by atoms with van der Waals surface area (Å²) in [6.07, 6.45) is 3.07. The first-order valence-electron chi connectivity index (χ1n) is 8.41. The Balaban J connectivity index is 1.79. The van der Waals surface area contributed by atoms with Crippen molar-refractivity contribution in [2.24, 2.45) is 0 Å². The number of nitro benzene ring substituents is 1. The van der Waals surface area contributed by atoms with E-state index in [0.29, 0.717) is 41.7 Å². The largest absolute Gasteiger partial charge is 0.378 e. The van der Waals surface area contributed by atoms with E-state index in [9.17, 15) is 14.9 Å². The van der Waals surface area contributed by atoms with Gasteiger partial charge < -0.3 is 9.64 Å². The van der Waals surface area contributed by atoms with Crippen molar-refractivity contribution in [3.05, 3.63) is 68.2 Å². The Bertz CT molecular complexity index is 930. The fourth-order valence-corrected chi connectivity index (χ4v) is 4.15. The maximum absolute atomic E-state index is 12.2. The molecule has 0 atom stereocenters. The van der Waals surface area contributed by atoms with Crippen LogP contribution in [0.3, 0.4) is 0 Å². The Morgan fingerprint density at radius 1 is 1.11 bits per heavy atom. The summed E-state index contributed by atoms with van der Waals surface area (Å²) in [6, 6.07) is 9.88. The molecule has 0 spiro atoms. The number of rotatable bonds is 5. The van der Waals surface area contributed by atoms with Gasteiger partial charge in [0.15, 0.2) is 0 Å². The molecule has 0 unspecified atom stereocenters. The maximum Gasteiger partial charge on any atom is 0.283 e. The molecule has 1 aliphatic rings. The molecule has 0 radical (unpaired) electrons. The van der Waals surface area contributed by atoms with Crippen LogP contribution in [0, 0.1) is 10.1 Å². The van der Waals surface area contributed by atoms with E-state index < -0.39 is 4.92 Å². The number of amides is 1. The summed E-state index contributed by atoms with van der Waals surface area (Å²) in [5.74, 6) is -0.117. The molecule has 0 saturated carbocycles. The highest BCUT2D eigenvalue weighted by Crippen LogP contribution is 2.41. The van der Waals surface area contributed by atoms with Gasteiger partial charge in [-0.15, -0.1) is 0 Å². The molecule has 9 heteroatoms. The van der Waals surface area contributed by atoms with Crippen molar-refractivity contribution in [3.8, 4) is 0 Å². The molecule has 1 saturated heterocycles. The molecule has 0 aromatic heterocycles. The minimum absolute atomic E-state index is 0.000214. The molecule has 0 aliphatic carbocycles. The molecule has 3 rings (SSSR count). The van der Waals surface area contributed by atoms with Crippen LogP contribution in [0.15, 0.2) is 52.3 Å². The first kappa shape index (κ1) is 20.7. The molecule has 1 amide bonds. The maximum atomic E-state index is 12.2. The highest BCUT2D eigenvalue weighted by molar-refractivity contribution is 7.99. The second-order valence-corrected chi connectivity index (χ2v) is 7.72. The monoisotopic (exact) mass is 438 g/mol. The molecule has 1 aliphatic heterocycles. The number of nitrogens with zero attached hydrogens (tertiary/aromatic N) is 2. The van der Waals surface area contributed by atoms with Crippen molar-refractivity contribution in [2.45, 2.75) is 9.79 Å². The van der Waals surface area contributed by atoms with Crippen LogP contribution in [0.25, 0.3) is 6.08 Å². The van der Waals surface area contributed by atoms with Crippen molar-refractivity contribution in [1.29, 1.82) is 0 Å². The van der Waals surface area contributed by atoms with E-state index in [2.05, 4.69) is 0 Å². The third kappa shape index (κ3) is 4.86. The van der Waals surface area contributed by atoms with Gasteiger partial charge >= 0.3 is 0 Å². The molecule has 28 heavy (non-hydrogen) atoms. The molecule has 1 fully saturated rings. The molecule has 146 valence electrons. The van der Waals surface area contributed by atoms with Crippen LogP contribution in [-0.2, 0) is 9.53 Å². The van der Waals surface area contributed by atoms with Gasteiger partial charge in [0.2, 0.25) is 5.91 Å². The summed E-state index contributed by atoms with van der Waals surface area (Å²) in [6.45, 7) is 2.18. The predicted octanol–water partition coefficient (Wildman–Crippen LogP) is 4.92. The van der Waals surface area contributed by atoms with Gasteiger partial charge in [-0.3, -0.25) is 14.9 Å². The molecule has 0 bridgehead atoms. The number of ether oxygens (including phenoxy) is 1. The van der Waals surface area contributed by atoms with Gasteiger partial charge in [0.05, 0.1) is 33.1 Å². The van der Waals surface area contributed by atoms with Crippen molar-refractivity contribution in [3.63, 3.8) is 0 Å². The van der Waals surface area contributed by atoms with Crippen molar-refractivity contribution >= 4 is 52.6 Å². The first-order valence-corrected chi connectivity index (χ1v) is 9.98. The normalized spacial score (nSPS) is 14.4. The number of nitro groups is 1. The number of para-hydroxylation sites is 1. The van der Waals surface area contributed by atoms with E-state index >= 15 is 0 Å². The lowest BCUT2D eigenvalue weighted by molar-refractivity contribution is -0.387. The summed E-state index contributed by atoms with van der Waals surface area (Å²) in [7, 11) is 0. The van der Waals surface area contributed by atoms with Crippen LogP contribution in [0.4, 0.5) is 5.69 Å². The first-order chi connectivity index (χ1) is 13.5. The van der Waals surface area contributed by atoms with Gasteiger partial charge in [0.1, 0.15) is 0 Å². The molecular formula is C19H16Cl2N2O4S. The number of hydrogen-bond donors (Lipinski definition) is 0. The third-order valence-corrected chi connectivity index (χ3v) is 6.22. The quantitative estimate of drug-likeness (QED) is 0.376. The molecule has 6 nitrogen and oxygen atoms in total. The van der Waals surface area contributed by atoms with Gasteiger partial charge in [-0.1, -0.05) is 53.2 Å². The zero-order valence-corrected chi connectivity index (χ0v) is 17.0. The van der Waals surface area contributed by atoms with Crippen LogP contribution < -0.4 is 0 Å². The summed E-state index contributed by atoms with van der Waals surface area (Å²) in [5.41, 5.74) is 0.597. The third-order valence-electron chi connectivity index (χ3n) is 4.09. The van der Waals surface area contributed by atoms with Crippen molar-refractivity contribution < 1.29 is 14.5 Å². The number of benzene rings is 2. The lowest BCUT2D eigenvalue weighted by Gasteiger charge is -2.25. The van der Waals surface area contributed by atoms with Crippen molar-refractivity contribution in [1.82, 2.24) is 4.90 Å².